The molecule has 0 heterocycles. The maximum Gasteiger partial charge on any atom is 0.472 e. The Kier molecular flexibility index (Phi) is 42.4. The van der Waals surface area contributed by atoms with E-state index in [1.165, 1.54) is 141 Å². The van der Waals surface area contributed by atoms with Crippen LogP contribution in [-0.2, 0) is 32.7 Å². The molecule has 0 aromatic rings. The first-order valence-corrected chi connectivity index (χ1v) is 25.3. The number of hydrogen-bond donors (Lipinski definition) is 3. The summed E-state index contributed by atoms with van der Waals surface area (Å²) in [6.07, 6.45) is 44.4. The van der Waals surface area contributed by atoms with Gasteiger partial charge in [0.15, 0.2) is 6.10 Å². The molecule has 11 heteroatoms. The van der Waals surface area contributed by atoms with E-state index in [-0.39, 0.29) is 19.4 Å². The molecule has 1 unspecified atom stereocenters. The summed E-state index contributed by atoms with van der Waals surface area (Å²) < 4.78 is 32.8. The summed E-state index contributed by atoms with van der Waals surface area (Å²) in [6.45, 7) is 2.37. The van der Waals surface area contributed by atoms with Crippen LogP contribution in [0.25, 0.3) is 0 Å². The third-order valence-electron chi connectivity index (χ3n) is 10.4. The molecule has 0 aromatic carbocycles. The Bertz CT molecular complexity index is 1020. The van der Waals surface area contributed by atoms with Crippen molar-refractivity contribution in [3.63, 3.8) is 0 Å². The molecule has 0 aliphatic heterocycles. The molecule has 0 rings (SSSR count). The zero-order valence-electron chi connectivity index (χ0n) is 37.3. The number of esters is 2. The van der Waals surface area contributed by atoms with Crippen molar-refractivity contribution in [1.29, 1.82) is 0 Å². The van der Waals surface area contributed by atoms with E-state index < -0.39 is 51.8 Å². The molecule has 0 saturated carbocycles. The van der Waals surface area contributed by atoms with Crippen LogP contribution in [0.5, 0.6) is 0 Å². The Labute approximate surface area is 355 Å². The van der Waals surface area contributed by atoms with E-state index in [9.17, 15) is 24.2 Å². The van der Waals surface area contributed by atoms with E-state index >= 15 is 0 Å². The van der Waals surface area contributed by atoms with Crippen molar-refractivity contribution in [2.45, 2.75) is 238 Å². The lowest BCUT2D eigenvalue weighted by atomic mass is 10.0. The predicted octanol–water partition coefficient (Wildman–Crippen LogP) is 13.0. The smallest absolute Gasteiger partial charge is 0.462 e. The zero-order chi connectivity index (χ0) is 42.6. The van der Waals surface area contributed by atoms with Crippen LogP contribution in [-0.4, -0.2) is 65.7 Å². The van der Waals surface area contributed by atoms with Gasteiger partial charge in [0.25, 0.3) is 0 Å². The Morgan fingerprint density at radius 3 is 1.36 bits per heavy atom. The lowest BCUT2D eigenvalue weighted by molar-refractivity contribution is -0.161. The van der Waals surface area contributed by atoms with E-state index in [0.29, 0.717) is 12.8 Å². The highest BCUT2D eigenvalue weighted by Crippen LogP contribution is 2.43. The number of carbonyl (C=O) groups excluding carboxylic acids is 2. The van der Waals surface area contributed by atoms with Crippen LogP contribution in [0.4, 0.5) is 0 Å². The monoisotopic (exact) mass is 845 g/mol. The van der Waals surface area contributed by atoms with Gasteiger partial charge in [-0.1, -0.05) is 192 Å². The van der Waals surface area contributed by atoms with Gasteiger partial charge in [-0.25, -0.2) is 4.57 Å². The van der Waals surface area contributed by atoms with E-state index in [2.05, 4.69) is 38.2 Å². The summed E-state index contributed by atoms with van der Waals surface area (Å²) in [5.41, 5.74) is 0. The van der Waals surface area contributed by atoms with Gasteiger partial charge in [-0.3, -0.25) is 18.6 Å². The van der Waals surface area contributed by atoms with Gasteiger partial charge < -0.3 is 24.6 Å². The molecular weight excluding hydrogens is 755 g/mol. The Morgan fingerprint density at radius 2 is 0.897 bits per heavy atom. The zero-order valence-corrected chi connectivity index (χ0v) is 38.2. The van der Waals surface area contributed by atoms with Crippen molar-refractivity contribution < 1.29 is 47.8 Å². The molecule has 0 bridgehead atoms. The average molecular weight is 845 g/mol. The minimum atomic E-state index is -4.62. The highest BCUT2D eigenvalue weighted by Gasteiger charge is 2.27. The predicted molar refractivity (Wildman–Crippen MR) is 238 cm³/mol. The number of ether oxygens (including phenoxy) is 2. The van der Waals surface area contributed by atoms with Crippen LogP contribution in [0.1, 0.15) is 226 Å². The molecular formula is C47H89O10P. The summed E-state index contributed by atoms with van der Waals surface area (Å²) in [5.74, 6) is -0.952. The van der Waals surface area contributed by atoms with Crippen LogP contribution in [0.2, 0.25) is 0 Å². The molecule has 0 amide bonds. The standard InChI is InChI=1S/C47H89O10P/c1-3-5-7-9-11-13-15-17-19-20-21-22-23-25-27-29-31-33-35-37-39-47(51)57-45(43-56-58(52,53)55-41-44(49)40-48)42-54-46(50)38-36-34-32-30-28-26-24-18-16-14-12-10-8-6-4-2/h18,24,28,30,44-45,48-49H,3-17,19-23,25-27,29,31-43H2,1-2H3,(H,52,53)/b24-18+,30-28+/t44-,45+/m0/s1. The van der Waals surface area contributed by atoms with Gasteiger partial charge in [0.05, 0.1) is 19.8 Å². The molecule has 0 saturated heterocycles. The number of aliphatic hydroxyl groups excluding tert-OH is 2. The molecule has 0 aliphatic rings. The van der Waals surface area contributed by atoms with Crippen molar-refractivity contribution in [3.05, 3.63) is 24.3 Å². The van der Waals surface area contributed by atoms with Crippen molar-refractivity contribution in [2.24, 2.45) is 0 Å². The van der Waals surface area contributed by atoms with E-state index in [1.54, 1.807) is 0 Å². The lowest BCUT2D eigenvalue weighted by Crippen LogP contribution is -2.29. The molecule has 58 heavy (non-hydrogen) atoms. The topological polar surface area (TPSA) is 149 Å². The quantitative estimate of drug-likeness (QED) is 0.0234. The summed E-state index contributed by atoms with van der Waals surface area (Å²) in [6, 6.07) is 0. The van der Waals surface area contributed by atoms with E-state index in [1.807, 2.05) is 0 Å². The fourth-order valence-corrected chi connectivity index (χ4v) is 7.46. The SMILES string of the molecule is CCCCCCCC/C=C/C/C=C/CCCCC(=O)OC[C@H](COP(=O)(O)OC[C@@H](O)CO)OC(=O)CCCCCCCCCCCCCCCCCCCCCC. The summed E-state index contributed by atoms with van der Waals surface area (Å²) in [7, 11) is -4.62. The number of rotatable bonds is 45. The normalized spacial score (nSPS) is 13.9. The Hall–Kier alpha value is -1.55. The lowest BCUT2D eigenvalue weighted by Gasteiger charge is -2.20. The van der Waals surface area contributed by atoms with Crippen LogP contribution in [0.3, 0.4) is 0 Å². The molecule has 10 nitrogen and oxygen atoms in total. The Morgan fingerprint density at radius 1 is 0.517 bits per heavy atom. The third-order valence-corrected chi connectivity index (χ3v) is 11.3. The number of allylic oxidation sites excluding steroid dienone is 4. The molecule has 0 spiro atoms. The van der Waals surface area contributed by atoms with Crippen LogP contribution in [0, 0.1) is 0 Å². The molecule has 0 fully saturated rings. The van der Waals surface area contributed by atoms with Gasteiger partial charge in [0.1, 0.15) is 12.7 Å². The molecule has 3 N–H and O–H groups in total. The maximum atomic E-state index is 12.6. The summed E-state index contributed by atoms with van der Waals surface area (Å²) >= 11 is 0. The number of unbranched alkanes of at least 4 members (excludes halogenated alkanes) is 27. The molecule has 342 valence electrons. The Balaban J connectivity index is 4.23. The van der Waals surface area contributed by atoms with Crippen LogP contribution < -0.4 is 0 Å². The summed E-state index contributed by atoms with van der Waals surface area (Å²) in [5, 5.41) is 18.4. The first kappa shape index (κ1) is 56.5. The second-order valence-electron chi connectivity index (χ2n) is 16.1. The van der Waals surface area contributed by atoms with Crippen molar-refractivity contribution in [2.75, 3.05) is 26.4 Å². The fourth-order valence-electron chi connectivity index (χ4n) is 6.67. The summed E-state index contributed by atoms with van der Waals surface area (Å²) in [4.78, 5) is 35.0. The van der Waals surface area contributed by atoms with Gasteiger partial charge >= 0.3 is 19.8 Å². The molecule has 3 atom stereocenters. The van der Waals surface area contributed by atoms with Gasteiger partial charge in [-0.2, -0.15) is 0 Å². The van der Waals surface area contributed by atoms with E-state index in [4.69, 9.17) is 23.6 Å². The molecule has 0 aliphatic carbocycles. The third kappa shape index (κ3) is 42.6. The number of phosphoric acid groups is 1. The fraction of sp³-hybridized carbons (Fsp3) is 0.872. The van der Waals surface area contributed by atoms with E-state index in [0.717, 1.165) is 44.9 Å². The first-order valence-electron chi connectivity index (χ1n) is 23.8. The highest BCUT2D eigenvalue weighted by molar-refractivity contribution is 7.47. The highest BCUT2D eigenvalue weighted by atomic mass is 31.2. The van der Waals surface area contributed by atoms with Crippen molar-refractivity contribution >= 4 is 19.8 Å². The maximum absolute atomic E-state index is 12.6. The van der Waals surface area contributed by atoms with Gasteiger partial charge in [0, 0.05) is 12.8 Å². The second kappa shape index (κ2) is 43.5. The average Bonchev–Trinajstić information content (AvgIpc) is 3.21. The van der Waals surface area contributed by atoms with Gasteiger partial charge in [-0.05, 0) is 44.9 Å². The minimum absolute atomic E-state index is 0.182. The number of aliphatic hydroxyl groups is 2. The molecule has 0 radical (unpaired) electrons. The van der Waals surface area contributed by atoms with Crippen molar-refractivity contribution in [3.8, 4) is 0 Å². The number of phosphoric ester groups is 1. The van der Waals surface area contributed by atoms with Crippen LogP contribution in [0.15, 0.2) is 24.3 Å². The minimum Gasteiger partial charge on any atom is -0.462 e. The molecule has 0 aromatic heterocycles. The van der Waals surface area contributed by atoms with Gasteiger partial charge in [-0.15, -0.1) is 0 Å². The van der Waals surface area contributed by atoms with Crippen LogP contribution >= 0.6 is 7.82 Å². The second-order valence-corrected chi connectivity index (χ2v) is 17.6. The van der Waals surface area contributed by atoms with Crippen molar-refractivity contribution in [1.82, 2.24) is 0 Å². The number of carbonyl (C=O) groups is 2. The largest absolute Gasteiger partial charge is 0.472 e. The number of hydrogen-bond acceptors (Lipinski definition) is 9. The van der Waals surface area contributed by atoms with Gasteiger partial charge in [0.2, 0.25) is 0 Å². The first-order chi connectivity index (χ1) is 28.2.